The topological polar surface area (TPSA) is 111 Å². The first-order valence-electron chi connectivity index (χ1n) is 9.64. The highest BCUT2D eigenvalue weighted by Crippen LogP contribution is 2.37. The van der Waals surface area contributed by atoms with Crippen molar-refractivity contribution < 1.29 is 23.6 Å². The maximum atomic E-state index is 13.0. The molecule has 0 aliphatic heterocycles. The zero-order valence-electron chi connectivity index (χ0n) is 17.5. The molecule has 2 N–H and O–H groups in total. The van der Waals surface area contributed by atoms with Gasteiger partial charge in [0.05, 0.1) is 9.82 Å². The summed E-state index contributed by atoms with van der Waals surface area (Å²) >= 11 is 17.7. The normalized spacial score (nSPS) is 11.0. The van der Waals surface area contributed by atoms with E-state index in [1.165, 1.54) is 30.3 Å². The molecule has 0 aliphatic carbocycles. The fourth-order valence-electron chi connectivity index (χ4n) is 2.66. The van der Waals surface area contributed by atoms with Crippen LogP contribution in [0.15, 0.2) is 76.5 Å². The molecule has 0 spiro atoms. The molecule has 0 saturated heterocycles. The SMILES string of the molecule is O=C(Nc1ccc(Sc2ccc(NC(=O)c3ccc(F)cc3)cc2[N+](=O)[O-])cc1)OCC(Cl)(Cl)Cl. The summed E-state index contributed by atoms with van der Waals surface area (Å²) in [7, 11) is 0. The highest BCUT2D eigenvalue weighted by atomic mass is 35.6. The molecule has 0 radical (unpaired) electrons. The van der Waals surface area contributed by atoms with Gasteiger partial charge in [-0.25, -0.2) is 9.18 Å². The molecule has 182 valence electrons. The van der Waals surface area contributed by atoms with Gasteiger partial charge in [0, 0.05) is 27.9 Å². The van der Waals surface area contributed by atoms with Gasteiger partial charge in [-0.2, -0.15) is 0 Å². The smallest absolute Gasteiger partial charge is 0.411 e. The van der Waals surface area contributed by atoms with Crippen molar-refractivity contribution in [1.29, 1.82) is 0 Å². The Kier molecular flexibility index (Phi) is 8.79. The number of rotatable bonds is 7. The van der Waals surface area contributed by atoms with Crippen molar-refractivity contribution in [2.45, 2.75) is 13.6 Å². The molecule has 0 bridgehead atoms. The predicted octanol–water partition coefficient (Wildman–Crippen LogP) is 7.06. The van der Waals surface area contributed by atoms with Crippen LogP contribution in [0, 0.1) is 15.9 Å². The molecule has 0 atom stereocenters. The lowest BCUT2D eigenvalue weighted by Gasteiger charge is -2.12. The van der Waals surface area contributed by atoms with E-state index in [1.54, 1.807) is 24.3 Å². The number of nitrogens with zero attached hydrogens (tertiary/aromatic N) is 1. The minimum Gasteiger partial charge on any atom is -0.445 e. The number of nitrogens with one attached hydrogen (secondary N) is 2. The van der Waals surface area contributed by atoms with Crippen molar-refractivity contribution in [3.8, 4) is 0 Å². The maximum absolute atomic E-state index is 13.0. The molecule has 0 heterocycles. The number of halogens is 4. The molecule has 3 aromatic rings. The Morgan fingerprint density at radius 3 is 2.20 bits per heavy atom. The molecule has 0 aliphatic rings. The summed E-state index contributed by atoms with van der Waals surface area (Å²) in [6.45, 7) is -0.429. The van der Waals surface area contributed by atoms with Crippen LogP contribution < -0.4 is 10.6 Å². The highest BCUT2D eigenvalue weighted by Gasteiger charge is 2.22. The van der Waals surface area contributed by atoms with Crippen molar-refractivity contribution >= 4 is 75.6 Å². The van der Waals surface area contributed by atoms with E-state index in [4.69, 9.17) is 39.5 Å². The van der Waals surface area contributed by atoms with Crippen molar-refractivity contribution in [2.75, 3.05) is 17.2 Å². The minimum atomic E-state index is -1.73. The van der Waals surface area contributed by atoms with Gasteiger partial charge in [-0.1, -0.05) is 46.6 Å². The Balaban J connectivity index is 1.67. The Morgan fingerprint density at radius 1 is 0.971 bits per heavy atom. The van der Waals surface area contributed by atoms with Crippen LogP contribution in [-0.4, -0.2) is 27.3 Å². The molecular formula is C22H15Cl3FN3O5S. The van der Waals surface area contributed by atoms with Crippen LogP contribution in [0.4, 0.5) is 26.2 Å². The lowest BCUT2D eigenvalue weighted by Crippen LogP contribution is -2.21. The highest BCUT2D eigenvalue weighted by molar-refractivity contribution is 7.99. The van der Waals surface area contributed by atoms with E-state index in [0.29, 0.717) is 15.5 Å². The molecule has 3 rings (SSSR count). The summed E-state index contributed by atoms with van der Waals surface area (Å²) in [5.41, 5.74) is 0.599. The van der Waals surface area contributed by atoms with Crippen molar-refractivity contribution in [2.24, 2.45) is 0 Å². The van der Waals surface area contributed by atoms with Gasteiger partial charge in [0.25, 0.3) is 11.6 Å². The van der Waals surface area contributed by atoms with Crippen LogP contribution in [0.1, 0.15) is 10.4 Å². The number of ether oxygens (including phenoxy) is 1. The number of hydrogen-bond donors (Lipinski definition) is 2. The second-order valence-corrected chi connectivity index (χ2v) is 10.5. The molecule has 2 amide bonds. The molecule has 3 aromatic carbocycles. The Bertz CT molecular complexity index is 1240. The molecule has 35 heavy (non-hydrogen) atoms. The summed E-state index contributed by atoms with van der Waals surface area (Å²) in [4.78, 5) is 36.1. The van der Waals surface area contributed by atoms with Gasteiger partial charge in [0.2, 0.25) is 3.79 Å². The second kappa shape index (κ2) is 11.6. The van der Waals surface area contributed by atoms with E-state index < -0.39 is 33.1 Å². The molecular weight excluding hydrogens is 544 g/mol. The van der Waals surface area contributed by atoms with E-state index in [-0.39, 0.29) is 16.9 Å². The van der Waals surface area contributed by atoms with Crippen LogP contribution >= 0.6 is 46.6 Å². The number of amides is 2. The number of anilines is 2. The zero-order valence-corrected chi connectivity index (χ0v) is 20.6. The zero-order chi connectivity index (χ0) is 25.6. The van der Waals surface area contributed by atoms with Crippen LogP contribution in [0.3, 0.4) is 0 Å². The molecule has 13 heteroatoms. The predicted molar refractivity (Wildman–Crippen MR) is 133 cm³/mol. The summed E-state index contributed by atoms with van der Waals surface area (Å²) in [5.74, 6) is -1.02. The van der Waals surface area contributed by atoms with Crippen LogP contribution in [-0.2, 0) is 4.74 Å². The monoisotopic (exact) mass is 557 g/mol. The number of nitro benzene ring substituents is 1. The number of carbonyl (C=O) groups is 2. The summed E-state index contributed by atoms with van der Waals surface area (Å²) in [6, 6.07) is 15.6. The van der Waals surface area contributed by atoms with Crippen LogP contribution in [0.25, 0.3) is 0 Å². The average molecular weight is 559 g/mol. The van der Waals surface area contributed by atoms with Crippen molar-refractivity contribution in [3.05, 3.63) is 88.2 Å². The quantitative estimate of drug-likeness (QED) is 0.182. The molecule has 0 unspecified atom stereocenters. The lowest BCUT2D eigenvalue weighted by molar-refractivity contribution is -0.387. The van der Waals surface area contributed by atoms with E-state index >= 15 is 0 Å². The third-order valence-corrected chi connectivity index (χ3v) is 5.62. The van der Waals surface area contributed by atoms with E-state index in [9.17, 15) is 24.1 Å². The van der Waals surface area contributed by atoms with Gasteiger partial charge in [-0.05, 0) is 60.7 Å². The van der Waals surface area contributed by atoms with Gasteiger partial charge in [-0.3, -0.25) is 20.2 Å². The molecule has 0 saturated carbocycles. The summed E-state index contributed by atoms with van der Waals surface area (Å²) in [5, 5.41) is 16.6. The first-order chi connectivity index (χ1) is 16.5. The van der Waals surface area contributed by atoms with Crippen LogP contribution in [0.2, 0.25) is 0 Å². The molecule has 0 aromatic heterocycles. The van der Waals surface area contributed by atoms with Gasteiger partial charge in [0.1, 0.15) is 12.4 Å². The van der Waals surface area contributed by atoms with Crippen molar-refractivity contribution in [3.63, 3.8) is 0 Å². The van der Waals surface area contributed by atoms with Crippen LogP contribution in [0.5, 0.6) is 0 Å². The van der Waals surface area contributed by atoms with E-state index in [2.05, 4.69) is 10.6 Å². The standard InChI is InChI=1S/C22H15Cl3FN3O5S/c23-22(24,25)12-34-21(31)28-15-5-8-17(9-6-15)35-19-10-7-16(11-18(19)29(32)33)27-20(30)13-1-3-14(26)4-2-13/h1-11H,12H2,(H,27,30)(H,28,31). The second-order valence-electron chi connectivity index (χ2n) is 6.84. The summed E-state index contributed by atoms with van der Waals surface area (Å²) in [6.07, 6.45) is -0.814. The Labute approximate surface area is 217 Å². The van der Waals surface area contributed by atoms with E-state index in [1.807, 2.05) is 0 Å². The number of carbonyl (C=O) groups excluding carboxylic acids is 2. The molecule has 0 fully saturated rings. The first-order valence-corrected chi connectivity index (χ1v) is 11.6. The average Bonchev–Trinajstić information content (AvgIpc) is 2.80. The first kappa shape index (κ1) is 26.6. The van der Waals surface area contributed by atoms with Gasteiger partial charge < -0.3 is 10.1 Å². The third kappa shape index (κ3) is 8.29. The molecule has 8 nitrogen and oxygen atoms in total. The lowest BCUT2D eigenvalue weighted by atomic mass is 10.2. The number of alkyl halides is 3. The maximum Gasteiger partial charge on any atom is 0.411 e. The fourth-order valence-corrected chi connectivity index (χ4v) is 3.73. The van der Waals surface area contributed by atoms with E-state index in [0.717, 1.165) is 23.9 Å². The fraction of sp³-hybridized carbons (Fsp3) is 0.0909. The Hall–Kier alpha value is -3.05. The van der Waals surface area contributed by atoms with Crippen molar-refractivity contribution in [1.82, 2.24) is 0 Å². The van der Waals surface area contributed by atoms with Gasteiger partial charge in [0.15, 0.2) is 0 Å². The number of benzene rings is 3. The number of nitro groups is 1. The van der Waals surface area contributed by atoms with Gasteiger partial charge >= 0.3 is 6.09 Å². The Morgan fingerprint density at radius 2 is 1.60 bits per heavy atom. The van der Waals surface area contributed by atoms with Gasteiger partial charge in [-0.15, -0.1) is 0 Å². The minimum absolute atomic E-state index is 0.206. The largest absolute Gasteiger partial charge is 0.445 e. The third-order valence-electron chi connectivity index (χ3n) is 4.22. The number of hydrogen-bond acceptors (Lipinski definition) is 6. The summed E-state index contributed by atoms with van der Waals surface area (Å²) < 4.78 is 16.1.